The van der Waals surface area contributed by atoms with Gasteiger partial charge < -0.3 is 26.0 Å². The smallest absolute Gasteiger partial charge is 0.226 e. The van der Waals surface area contributed by atoms with E-state index in [9.17, 15) is 9.50 Å². The monoisotopic (exact) mass is 387 g/mol. The number of nitrogens with one attached hydrogen (secondary N) is 2. The SMILES string of the molecule is CCn1cnc2c(NCc3cc(F)ccc3N)nc(NCCC(C)(C)O)nc21. The fourth-order valence-corrected chi connectivity index (χ4v) is 2.76. The third kappa shape index (κ3) is 4.66. The molecule has 0 unspecified atom stereocenters. The van der Waals surface area contributed by atoms with E-state index in [-0.39, 0.29) is 5.82 Å². The average molecular weight is 387 g/mol. The van der Waals surface area contributed by atoms with Crippen molar-refractivity contribution < 1.29 is 9.50 Å². The van der Waals surface area contributed by atoms with E-state index in [1.54, 1.807) is 20.2 Å². The number of anilines is 3. The largest absolute Gasteiger partial charge is 0.398 e. The zero-order valence-electron chi connectivity index (χ0n) is 16.3. The van der Waals surface area contributed by atoms with Gasteiger partial charge in [0.2, 0.25) is 5.95 Å². The van der Waals surface area contributed by atoms with Crippen molar-refractivity contribution in [2.24, 2.45) is 0 Å². The van der Waals surface area contributed by atoms with Gasteiger partial charge in [-0.2, -0.15) is 9.97 Å². The second-order valence-corrected chi connectivity index (χ2v) is 7.28. The van der Waals surface area contributed by atoms with Gasteiger partial charge in [-0.05, 0) is 51.0 Å². The summed E-state index contributed by atoms with van der Waals surface area (Å²) in [4.78, 5) is 13.5. The fourth-order valence-electron chi connectivity index (χ4n) is 2.76. The summed E-state index contributed by atoms with van der Waals surface area (Å²) in [7, 11) is 0. The third-order valence-electron chi connectivity index (χ3n) is 4.38. The Bertz CT molecular complexity index is 965. The number of fused-ring (bicyclic) bond motifs is 1. The maximum absolute atomic E-state index is 13.5. The van der Waals surface area contributed by atoms with E-state index in [0.717, 1.165) is 0 Å². The van der Waals surface area contributed by atoms with Crippen LogP contribution in [0.5, 0.6) is 0 Å². The van der Waals surface area contributed by atoms with Crippen LogP contribution in [0.3, 0.4) is 0 Å². The van der Waals surface area contributed by atoms with Crippen molar-refractivity contribution in [2.45, 2.75) is 45.9 Å². The lowest BCUT2D eigenvalue weighted by Crippen LogP contribution is -2.23. The van der Waals surface area contributed by atoms with Gasteiger partial charge in [-0.1, -0.05) is 0 Å². The van der Waals surface area contributed by atoms with Crippen molar-refractivity contribution in [1.82, 2.24) is 19.5 Å². The van der Waals surface area contributed by atoms with Gasteiger partial charge in [0.05, 0.1) is 11.9 Å². The highest BCUT2D eigenvalue weighted by Gasteiger charge is 2.15. The number of imidazole rings is 1. The maximum atomic E-state index is 13.5. The van der Waals surface area contributed by atoms with Crippen molar-refractivity contribution in [2.75, 3.05) is 22.9 Å². The van der Waals surface area contributed by atoms with E-state index in [2.05, 4.69) is 25.6 Å². The van der Waals surface area contributed by atoms with Crippen molar-refractivity contribution >= 4 is 28.6 Å². The Labute approximate surface area is 163 Å². The second-order valence-electron chi connectivity index (χ2n) is 7.28. The summed E-state index contributed by atoms with van der Waals surface area (Å²) >= 11 is 0. The first-order valence-corrected chi connectivity index (χ1v) is 9.23. The second kappa shape index (κ2) is 7.97. The van der Waals surface area contributed by atoms with E-state index >= 15 is 0 Å². The van der Waals surface area contributed by atoms with Gasteiger partial charge in [0.25, 0.3) is 0 Å². The molecule has 0 fully saturated rings. The first-order chi connectivity index (χ1) is 13.3. The molecule has 150 valence electrons. The molecule has 0 saturated carbocycles. The van der Waals surface area contributed by atoms with Crippen LogP contribution < -0.4 is 16.4 Å². The van der Waals surface area contributed by atoms with Crippen LogP contribution in [0.2, 0.25) is 0 Å². The van der Waals surface area contributed by atoms with Gasteiger partial charge in [-0.3, -0.25) is 0 Å². The number of hydrogen-bond acceptors (Lipinski definition) is 7. The Morgan fingerprint density at radius 2 is 2.04 bits per heavy atom. The highest BCUT2D eigenvalue weighted by atomic mass is 19.1. The number of nitrogens with zero attached hydrogens (tertiary/aromatic N) is 4. The predicted octanol–water partition coefficient (Wildman–Crippen LogP) is 2.75. The van der Waals surface area contributed by atoms with Crippen LogP contribution in [0.25, 0.3) is 11.2 Å². The minimum absolute atomic E-state index is 0.303. The summed E-state index contributed by atoms with van der Waals surface area (Å²) in [6.07, 6.45) is 2.26. The van der Waals surface area contributed by atoms with Gasteiger partial charge in [0.1, 0.15) is 5.82 Å². The molecule has 2 heterocycles. The van der Waals surface area contributed by atoms with Gasteiger partial charge in [0, 0.05) is 25.3 Å². The lowest BCUT2D eigenvalue weighted by molar-refractivity contribution is 0.0748. The van der Waals surface area contributed by atoms with Gasteiger partial charge in [0.15, 0.2) is 17.0 Å². The lowest BCUT2D eigenvalue weighted by atomic mass is 10.1. The molecule has 0 bridgehead atoms. The maximum Gasteiger partial charge on any atom is 0.226 e. The van der Waals surface area contributed by atoms with E-state index in [1.807, 2.05) is 11.5 Å². The molecule has 0 aliphatic heterocycles. The summed E-state index contributed by atoms with van der Waals surface area (Å²) < 4.78 is 15.4. The minimum atomic E-state index is -0.779. The van der Waals surface area contributed by atoms with Crippen LogP contribution in [-0.4, -0.2) is 36.8 Å². The molecule has 0 saturated heterocycles. The predicted molar refractivity (Wildman–Crippen MR) is 109 cm³/mol. The molecule has 0 amide bonds. The molecule has 3 rings (SSSR count). The molecule has 0 aliphatic carbocycles. The summed E-state index contributed by atoms with van der Waals surface area (Å²) in [5.74, 6) is 0.622. The Balaban J connectivity index is 1.86. The summed E-state index contributed by atoms with van der Waals surface area (Å²) in [6.45, 7) is 7.05. The van der Waals surface area contributed by atoms with Crippen LogP contribution in [0.1, 0.15) is 32.8 Å². The van der Waals surface area contributed by atoms with Crippen molar-refractivity contribution in [3.05, 3.63) is 35.9 Å². The number of benzene rings is 1. The molecular weight excluding hydrogens is 361 g/mol. The summed E-state index contributed by atoms with van der Waals surface area (Å²) in [5, 5.41) is 16.2. The molecule has 3 aromatic rings. The minimum Gasteiger partial charge on any atom is -0.398 e. The number of nitrogens with two attached hydrogens (primary N) is 1. The van der Waals surface area contributed by atoms with Crippen LogP contribution in [0.15, 0.2) is 24.5 Å². The number of aromatic nitrogens is 4. The Hall–Kier alpha value is -2.94. The van der Waals surface area contributed by atoms with Crippen LogP contribution in [0, 0.1) is 5.82 Å². The Morgan fingerprint density at radius 3 is 2.75 bits per heavy atom. The van der Waals surface area contributed by atoms with E-state index in [4.69, 9.17) is 5.73 Å². The molecule has 2 aromatic heterocycles. The third-order valence-corrected chi connectivity index (χ3v) is 4.38. The standard InChI is InChI=1S/C19H26FN7O/c1-4-27-11-24-15-16(23-10-12-9-13(20)5-6-14(12)21)25-18(26-17(15)27)22-8-7-19(2,3)28/h5-6,9,11,28H,4,7-8,10,21H2,1-3H3,(H2,22,23,25,26). The van der Waals surface area contributed by atoms with E-state index in [1.165, 1.54) is 18.2 Å². The number of nitrogen functional groups attached to an aromatic ring is 1. The van der Waals surface area contributed by atoms with Crippen molar-refractivity contribution in [3.63, 3.8) is 0 Å². The molecule has 9 heteroatoms. The molecule has 0 radical (unpaired) electrons. The molecule has 5 N–H and O–H groups in total. The average Bonchev–Trinajstić information content (AvgIpc) is 3.04. The highest BCUT2D eigenvalue weighted by Crippen LogP contribution is 2.23. The van der Waals surface area contributed by atoms with Gasteiger partial charge >= 0.3 is 0 Å². The first kappa shape index (κ1) is 19.8. The lowest BCUT2D eigenvalue weighted by Gasteiger charge is -2.17. The Morgan fingerprint density at radius 1 is 1.25 bits per heavy atom. The molecular formula is C19H26FN7O. The number of rotatable bonds is 8. The number of hydrogen-bond donors (Lipinski definition) is 4. The summed E-state index contributed by atoms with van der Waals surface area (Å²) in [6, 6.07) is 4.26. The van der Waals surface area contributed by atoms with Gasteiger partial charge in [-0.15, -0.1) is 0 Å². The first-order valence-electron chi connectivity index (χ1n) is 9.23. The zero-order valence-corrected chi connectivity index (χ0v) is 16.3. The topological polar surface area (TPSA) is 114 Å². The molecule has 0 atom stereocenters. The van der Waals surface area contributed by atoms with Crippen LogP contribution in [-0.2, 0) is 13.1 Å². The molecule has 8 nitrogen and oxygen atoms in total. The number of aliphatic hydroxyl groups is 1. The normalized spacial score (nSPS) is 11.8. The summed E-state index contributed by atoms with van der Waals surface area (Å²) in [5.41, 5.74) is 7.61. The molecule has 0 spiro atoms. The quantitative estimate of drug-likeness (QED) is 0.440. The number of halogens is 1. The van der Waals surface area contributed by atoms with Crippen LogP contribution >= 0.6 is 0 Å². The van der Waals surface area contributed by atoms with Gasteiger partial charge in [-0.25, -0.2) is 9.37 Å². The van der Waals surface area contributed by atoms with Crippen molar-refractivity contribution in [3.8, 4) is 0 Å². The molecule has 0 aliphatic rings. The van der Waals surface area contributed by atoms with Crippen LogP contribution in [0.4, 0.5) is 21.8 Å². The molecule has 1 aromatic carbocycles. The fraction of sp³-hybridized carbons (Fsp3) is 0.421. The zero-order chi connectivity index (χ0) is 20.3. The molecule has 28 heavy (non-hydrogen) atoms. The van der Waals surface area contributed by atoms with Crippen molar-refractivity contribution in [1.29, 1.82) is 0 Å². The Kier molecular flexibility index (Phi) is 5.64. The number of aryl methyl sites for hydroxylation is 1. The van der Waals surface area contributed by atoms with E-state index in [0.29, 0.717) is 60.2 Å². The van der Waals surface area contributed by atoms with E-state index < -0.39 is 5.60 Å². The highest BCUT2D eigenvalue weighted by molar-refractivity contribution is 5.84.